The Morgan fingerprint density at radius 2 is 2.07 bits per heavy atom. The lowest BCUT2D eigenvalue weighted by molar-refractivity contribution is 0.322. The van der Waals surface area contributed by atoms with Crippen molar-refractivity contribution in [1.82, 2.24) is 0 Å². The van der Waals surface area contributed by atoms with Crippen LogP contribution in [0.1, 0.15) is 5.56 Å². The third-order valence-electron chi connectivity index (χ3n) is 2.06. The molecule has 14 heavy (non-hydrogen) atoms. The van der Waals surface area contributed by atoms with E-state index in [1.54, 1.807) is 0 Å². The fourth-order valence-corrected chi connectivity index (χ4v) is 1.92. The Kier molecular flexibility index (Phi) is 2.50. The molecule has 0 spiro atoms. The van der Waals surface area contributed by atoms with Crippen molar-refractivity contribution in [3.63, 3.8) is 0 Å². The highest BCUT2D eigenvalue weighted by molar-refractivity contribution is 9.10. The molecule has 0 amide bonds. The van der Waals surface area contributed by atoms with Crippen molar-refractivity contribution in [2.75, 3.05) is 0 Å². The van der Waals surface area contributed by atoms with Gasteiger partial charge in [-0.05, 0) is 28.5 Å². The predicted molar refractivity (Wildman–Crippen MR) is 61.0 cm³/mol. The first-order valence-electron chi connectivity index (χ1n) is 4.17. The third kappa shape index (κ3) is 1.63. The Morgan fingerprint density at radius 1 is 1.21 bits per heavy atom. The van der Waals surface area contributed by atoms with E-state index < -0.39 is 0 Å². The van der Waals surface area contributed by atoms with E-state index in [0.29, 0.717) is 0 Å². The molecular weight excluding hydrogens is 242 g/mol. The van der Waals surface area contributed by atoms with Gasteiger partial charge in [-0.1, -0.05) is 45.4 Å². The lowest BCUT2D eigenvalue weighted by atomic mass is 10.1. The molecule has 0 unspecified atom stereocenters. The third-order valence-corrected chi connectivity index (χ3v) is 2.75. The minimum atomic E-state index is 0.887. The summed E-state index contributed by atoms with van der Waals surface area (Å²) in [5.41, 5.74) is 0.887. The van der Waals surface area contributed by atoms with Crippen molar-refractivity contribution < 1.29 is 5.21 Å². The van der Waals surface area contributed by atoms with Crippen LogP contribution in [0, 0.1) is 0 Å². The smallest absolute Gasteiger partial charge is 0.0734 e. The van der Waals surface area contributed by atoms with Gasteiger partial charge in [0.1, 0.15) is 0 Å². The maximum atomic E-state index is 8.41. The number of rotatable bonds is 1. The summed E-state index contributed by atoms with van der Waals surface area (Å²) in [5, 5.41) is 13.7. The normalized spacial score (nSPS) is 11.2. The van der Waals surface area contributed by atoms with Gasteiger partial charge >= 0.3 is 0 Å². The molecule has 3 heteroatoms. The molecule has 0 aliphatic rings. The number of nitrogens with zero attached hydrogens (tertiary/aromatic N) is 1. The van der Waals surface area contributed by atoms with E-state index in [-0.39, 0.29) is 0 Å². The fraction of sp³-hybridized carbons (Fsp3) is 0. The van der Waals surface area contributed by atoms with Crippen molar-refractivity contribution in [3.8, 4) is 0 Å². The zero-order chi connectivity index (χ0) is 9.97. The van der Waals surface area contributed by atoms with Crippen LogP contribution in [0.4, 0.5) is 0 Å². The summed E-state index contributed by atoms with van der Waals surface area (Å²) in [5.74, 6) is 0. The summed E-state index contributed by atoms with van der Waals surface area (Å²) < 4.78 is 1.07. The molecule has 0 saturated heterocycles. The van der Waals surface area contributed by atoms with Crippen molar-refractivity contribution >= 4 is 32.9 Å². The van der Waals surface area contributed by atoms with E-state index in [1.165, 1.54) is 6.21 Å². The van der Waals surface area contributed by atoms with Crippen molar-refractivity contribution in [2.24, 2.45) is 5.16 Å². The van der Waals surface area contributed by atoms with Gasteiger partial charge in [0.15, 0.2) is 0 Å². The zero-order valence-corrected chi connectivity index (χ0v) is 8.90. The molecule has 2 nitrogen and oxygen atoms in total. The molecule has 2 aromatic carbocycles. The molecular formula is C11H8BrNO. The first-order chi connectivity index (χ1) is 6.81. The molecule has 0 aliphatic carbocycles. The first kappa shape index (κ1) is 9.21. The van der Waals surface area contributed by atoms with Crippen molar-refractivity contribution in [2.45, 2.75) is 0 Å². The van der Waals surface area contributed by atoms with E-state index >= 15 is 0 Å². The van der Waals surface area contributed by atoms with Crippen LogP contribution < -0.4 is 0 Å². The van der Waals surface area contributed by atoms with Gasteiger partial charge in [0.2, 0.25) is 0 Å². The lowest BCUT2D eigenvalue weighted by Gasteiger charge is -2.00. The molecule has 0 aliphatic heterocycles. The molecule has 70 valence electrons. The molecule has 2 aromatic rings. The molecule has 2 rings (SSSR count). The Labute approximate surface area is 90.0 Å². The summed E-state index contributed by atoms with van der Waals surface area (Å²) in [7, 11) is 0. The minimum Gasteiger partial charge on any atom is -0.411 e. The van der Waals surface area contributed by atoms with Crippen LogP contribution in [0.3, 0.4) is 0 Å². The predicted octanol–water partition coefficient (Wildman–Crippen LogP) is 3.41. The van der Waals surface area contributed by atoms with Gasteiger partial charge in [0.05, 0.1) is 6.21 Å². The lowest BCUT2D eigenvalue weighted by Crippen LogP contribution is -1.81. The number of halogens is 1. The molecule has 0 atom stereocenters. The standard InChI is InChI=1S/C11H8BrNO/c12-11-3-1-2-9-6-8(7-13-14)4-5-10(9)11/h1-7,14H/b13-7+. The molecule has 0 radical (unpaired) electrons. The van der Waals surface area contributed by atoms with E-state index in [2.05, 4.69) is 21.1 Å². The van der Waals surface area contributed by atoms with E-state index in [4.69, 9.17) is 5.21 Å². The molecule has 0 bridgehead atoms. The van der Waals surface area contributed by atoms with E-state index in [1.807, 2.05) is 36.4 Å². The van der Waals surface area contributed by atoms with E-state index in [9.17, 15) is 0 Å². The van der Waals surface area contributed by atoms with Crippen LogP contribution in [0.5, 0.6) is 0 Å². The van der Waals surface area contributed by atoms with Gasteiger partial charge in [-0.25, -0.2) is 0 Å². The largest absolute Gasteiger partial charge is 0.411 e. The summed E-state index contributed by atoms with van der Waals surface area (Å²) in [6.07, 6.45) is 1.42. The van der Waals surface area contributed by atoms with Crippen LogP contribution in [-0.2, 0) is 0 Å². The number of benzene rings is 2. The Hall–Kier alpha value is -1.35. The second kappa shape index (κ2) is 3.80. The zero-order valence-electron chi connectivity index (χ0n) is 7.31. The van der Waals surface area contributed by atoms with Gasteiger partial charge in [-0.15, -0.1) is 0 Å². The van der Waals surface area contributed by atoms with Crippen LogP contribution in [0.15, 0.2) is 46.0 Å². The second-order valence-electron chi connectivity index (χ2n) is 2.96. The van der Waals surface area contributed by atoms with Crippen LogP contribution in [0.25, 0.3) is 10.8 Å². The van der Waals surface area contributed by atoms with Crippen LogP contribution in [-0.4, -0.2) is 11.4 Å². The molecule has 0 aromatic heterocycles. The Morgan fingerprint density at radius 3 is 2.86 bits per heavy atom. The average molecular weight is 250 g/mol. The topological polar surface area (TPSA) is 32.6 Å². The molecule has 1 N–H and O–H groups in total. The van der Waals surface area contributed by atoms with Gasteiger partial charge in [-0.2, -0.15) is 0 Å². The van der Waals surface area contributed by atoms with Crippen molar-refractivity contribution in [3.05, 3.63) is 46.4 Å². The summed E-state index contributed by atoms with van der Waals surface area (Å²) >= 11 is 3.48. The number of fused-ring (bicyclic) bond motifs is 1. The van der Waals surface area contributed by atoms with E-state index in [0.717, 1.165) is 20.8 Å². The number of hydrogen-bond donors (Lipinski definition) is 1. The highest BCUT2D eigenvalue weighted by Crippen LogP contribution is 2.23. The average Bonchev–Trinajstić information content (AvgIpc) is 2.18. The minimum absolute atomic E-state index is 0.887. The van der Waals surface area contributed by atoms with Gasteiger partial charge < -0.3 is 5.21 Å². The highest BCUT2D eigenvalue weighted by Gasteiger charge is 1.97. The summed E-state index contributed by atoms with van der Waals surface area (Å²) in [6, 6.07) is 11.9. The van der Waals surface area contributed by atoms with Gasteiger partial charge in [0, 0.05) is 4.47 Å². The Bertz CT molecular complexity index is 494. The SMILES string of the molecule is O/N=C/c1ccc2c(Br)cccc2c1. The molecule has 0 saturated carbocycles. The summed E-state index contributed by atoms with van der Waals surface area (Å²) in [4.78, 5) is 0. The Balaban J connectivity index is 2.67. The molecule has 0 fully saturated rings. The fourth-order valence-electron chi connectivity index (χ4n) is 1.41. The monoisotopic (exact) mass is 249 g/mol. The second-order valence-corrected chi connectivity index (χ2v) is 3.82. The maximum absolute atomic E-state index is 8.41. The maximum Gasteiger partial charge on any atom is 0.0734 e. The van der Waals surface area contributed by atoms with Crippen LogP contribution >= 0.6 is 15.9 Å². The summed E-state index contributed by atoms with van der Waals surface area (Å²) in [6.45, 7) is 0. The molecule has 0 heterocycles. The van der Waals surface area contributed by atoms with Gasteiger partial charge in [0.25, 0.3) is 0 Å². The quantitative estimate of drug-likeness (QED) is 0.469. The van der Waals surface area contributed by atoms with Gasteiger partial charge in [-0.3, -0.25) is 0 Å². The van der Waals surface area contributed by atoms with Crippen molar-refractivity contribution in [1.29, 1.82) is 0 Å². The first-order valence-corrected chi connectivity index (χ1v) is 4.96. The van der Waals surface area contributed by atoms with Crippen LogP contribution in [0.2, 0.25) is 0 Å². The number of oxime groups is 1. The number of hydrogen-bond acceptors (Lipinski definition) is 2. The highest BCUT2D eigenvalue weighted by atomic mass is 79.9.